The fourth-order valence-corrected chi connectivity index (χ4v) is 2.96. The van der Waals surface area contributed by atoms with E-state index in [0.29, 0.717) is 5.69 Å². The molecule has 0 aliphatic rings. The fraction of sp³-hybridized carbons (Fsp3) is 0.250. The quantitative estimate of drug-likeness (QED) is 0.620. The highest BCUT2D eigenvalue weighted by atomic mass is 32.2. The summed E-state index contributed by atoms with van der Waals surface area (Å²) in [5.41, 5.74) is 3.94. The summed E-state index contributed by atoms with van der Waals surface area (Å²) in [5.74, 6) is 5.25. The molecule has 0 amide bonds. The second kappa shape index (κ2) is 5.61. The Morgan fingerprint density at radius 2 is 2.00 bits per heavy atom. The molecule has 2 aromatic rings. The molecule has 3 N–H and O–H groups in total. The molecule has 7 nitrogen and oxygen atoms in total. The lowest BCUT2D eigenvalue weighted by atomic mass is 10.3. The largest absolute Gasteiger partial charge is 0.324 e. The first kappa shape index (κ1) is 14.5. The zero-order chi connectivity index (χ0) is 14.8. The molecule has 108 valence electrons. The summed E-state index contributed by atoms with van der Waals surface area (Å²) in [5, 5.41) is 4.02. The predicted molar refractivity (Wildman–Crippen MR) is 76.1 cm³/mol. The van der Waals surface area contributed by atoms with Crippen LogP contribution in [0.5, 0.6) is 0 Å². The van der Waals surface area contributed by atoms with Crippen molar-refractivity contribution in [1.29, 1.82) is 0 Å². The lowest BCUT2D eigenvalue weighted by Gasteiger charge is -2.16. The minimum Gasteiger partial charge on any atom is -0.324 e. The number of hydrazine groups is 1. The molecule has 0 fully saturated rings. The first-order valence-corrected chi connectivity index (χ1v) is 7.38. The van der Waals surface area contributed by atoms with Gasteiger partial charge in [-0.25, -0.2) is 8.42 Å². The molecule has 1 heterocycles. The molecule has 8 heteroatoms. The van der Waals surface area contributed by atoms with Crippen LogP contribution in [-0.2, 0) is 23.6 Å². The van der Waals surface area contributed by atoms with Gasteiger partial charge >= 0.3 is 0 Å². The highest BCUT2D eigenvalue weighted by Crippen LogP contribution is 2.18. The maximum Gasteiger partial charge on any atom is 0.243 e. The SMILES string of the molecule is CN(Cc1cnn(C)c1)S(=O)(=O)c1ccc(NN)cc1. The van der Waals surface area contributed by atoms with Gasteiger partial charge in [0.1, 0.15) is 0 Å². The number of aromatic nitrogens is 2. The molecule has 1 aromatic heterocycles. The standard InChI is InChI=1S/C12H17N5O2S/c1-16-8-10(7-14-16)9-17(2)20(18,19)12-5-3-11(15-13)4-6-12/h3-8,15H,9,13H2,1-2H3. The molecule has 20 heavy (non-hydrogen) atoms. The van der Waals surface area contributed by atoms with Crippen LogP contribution >= 0.6 is 0 Å². The maximum atomic E-state index is 12.4. The number of nitrogens with one attached hydrogen (secondary N) is 1. The number of sulfonamides is 1. The van der Waals surface area contributed by atoms with Crippen molar-refractivity contribution in [2.75, 3.05) is 12.5 Å². The molecule has 0 bridgehead atoms. The van der Waals surface area contributed by atoms with Gasteiger partial charge in [0, 0.05) is 38.1 Å². The number of rotatable bonds is 5. The average Bonchev–Trinajstić information content (AvgIpc) is 2.84. The molecular weight excluding hydrogens is 278 g/mol. The summed E-state index contributed by atoms with van der Waals surface area (Å²) in [4.78, 5) is 0.225. The molecule has 0 spiro atoms. The summed E-state index contributed by atoms with van der Waals surface area (Å²) >= 11 is 0. The van der Waals surface area contributed by atoms with Crippen molar-refractivity contribution in [3.05, 3.63) is 42.2 Å². The number of hydrogen-bond acceptors (Lipinski definition) is 5. The van der Waals surface area contributed by atoms with Crippen LogP contribution in [0.15, 0.2) is 41.6 Å². The van der Waals surface area contributed by atoms with Crippen molar-refractivity contribution in [1.82, 2.24) is 14.1 Å². The highest BCUT2D eigenvalue weighted by molar-refractivity contribution is 7.89. The topological polar surface area (TPSA) is 93.2 Å². The van der Waals surface area contributed by atoms with E-state index in [1.54, 1.807) is 36.3 Å². The van der Waals surface area contributed by atoms with Crippen LogP contribution in [0.3, 0.4) is 0 Å². The summed E-state index contributed by atoms with van der Waals surface area (Å²) in [6, 6.07) is 6.27. The molecular formula is C12H17N5O2S. The number of anilines is 1. The third-order valence-electron chi connectivity index (χ3n) is 2.89. The molecule has 0 aliphatic heterocycles. The summed E-state index contributed by atoms with van der Waals surface area (Å²) < 4.78 is 27.7. The van der Waals surface area contributed by atoms with E-state index >= 15 is 0 Å². The summed E-state index contributed by atoms with van der Waals surface area (Å²) in [6.07, 6.45) is 3.43. The molecule has 1 aromatic carbocycles. The Balaban J connectivity index is 2.19. The minimum absolute atomic E-state index is 0.225. The molecule has 2 rings (SSSR count). The van der Waals surface area contributed by atoms with E-state index in [4.69, 9.17) is 5.84 Å². The Hall–Kier alpha value is -1.90. The third kappa shape index (κ3) is 2.98. The number of hydrogen-bond donors (Lipinski definition) is 2. The minimum atomic E-state index is -3.53. The number of nitrogens with zero attached hydrogens (tertiary/aromatic N) is 3. The van der Waals surface area contributed by atoms with E-state index in [9.17, 15) is 8.42 Å². The Morgan fingerprint density at radius 3 is 2.50 bits per heavy atom. The average molecular weight is 295 g/mol. The lowest BCUT2D eigenvalue weighted by molar-refractivity contribution is 0.466. The first-order valence-electron chi connectivity index (χ1n) is 5.94. The number of benzene rings is 1. The molecule has 0 unspecified atom stereocenters. The van der Waals surface area contributed by atoms with Crippen molar-refractivity contribution in [2.24, 2.45) is 12.9 Å². The second-order valence-electron chi connectivity index (χ2n) is 4.45. The van der Waals surface area contributed by atoms with Gasteiger partial charge in [0.2, 0.25) is 10.0 Å². The Bertz CT molecular complexity index is 678. The van der Waals surface area contributed by atoms with E-state index in [1.165, 1.54) is 23.5 Å². The Kier molecular flexibility index (Phi) is 4.07. The van der Waals surface area contributed by atoms with Crippen LogP contribution in [0.25, 0.3) is 0 Å². The van der Waals surface area contributed by atoms with Crippen LogP contribution < -0.4 is 11.3 Å². The highest BCUT2D eigenvalue weighted by Gasteiger charge is 2.21. The zero-order valence-electron chi connectivity index (χ0n) is 11.3. The van der Waals surface area contributed by atoms with Crippen LogP contribution in [0, 0.1) is 0 Å². The first-order chi connectivity index (χ1) is 9.43. The van der Waals surface area contributed by atoms with E-state index in [-0.39, 0.29) is 11.4 Å². The van der Waals surface area contributed by atoms with Crippen LogP contribution in [0.1, 0.15) is 5.56 Å². The van der Waals surface area contributed by atoms with Gasteiger partial charge in [-0.05, 0) is 24.3 Å². The van der Waals surface area contributed by atoms with Gasteiger partial charge < -0.3 is 5.43 Å². The molecule has 0 atom stereocenters. The Labute approximate surface area is 118 Å². The molecule has 0 saturated heterocycles. The predicted octanol–water partition coefficient (Wildman–Crippen LogP) is 0.526. The van der Waals surface area contributed by atoms with Gasteiger partial charge in [-0.1, -0.05) is 0 Å². The fourth-order valence-electron chi connectivity index (χ4n) is 1.80. The summed E-state index contributed by atoms with van der Waals surface area (Å²) in [7, 11) is -0.198. The van der Waals surface area contributed by atoms with Crippen molar-refractivity contribution >= 4 is 15.7 Å². The molecule has 0 radical (unpaired) electrons. The van der Waals surface area contributed by atoms with E-state index < -0.39 is 10.0 Å². The normalized spacial score (nSPS) is 11.8. The second-order valence-corrected chi connectivity index (χ2v) is 6.50. The molecule has 0 saturated carbocycles. The molecule has 0 aliphatic carbocycles. The third-order valence-corrected chi connectivity index (χ3v) is 4.71. The van der Waals surface area contributed by atoms with Crippen molar-refractivity contribution in [3.63, 3.8) is 0 Å². The van der Waals surface area contributed by atoms with Gasteiger partial charge in [0.15, 0.2) is 0 Å². The van der Waals surface area contributed by atoms with Crippen molar-refractivity contribution in [2.45, 2.75) is 11.4 Å². The number of aryl methyl sites for hydroxylation is 1. The van der Waals surface area contributed by atoms with Gasteiger partial charge in [-0.3, -0.25) is 10.5 Å². The van der Waals surface area contributed by atoms with Gasteiger partial charge in [-0.15, -0.1) is 0 Å². The zero-order valence-corrected chi connectivity index (χ0v) is 12.1. The number of nitrogens with two attached hydrogens (primary N) is 1. The van der Waals surface area contributed by atoms with Crippen LogP contribution in [0.4, 0.5) is 5.69 Å². The van der Waals surface area contributed by atoms with Gasteiger partial charge in [0.25, 0.3) is 0 Å². The summed E-state index contributed by atoms with van der Waals surface area (Å²) in [6.45, 7) is 0.271. The van der Waals surface area contributed by atoms with Crippen LogP contribution in [-0.4, -0.2) is 29.6 Å². The van der Waals surface area contributed by atoms with E-state index in [2.05, 4.69) is 10.5 Å². The Morgan fingerprint density at radius 1 is 1.35 bits per heavy atom. The van der Waals surface area contributed by atoms with Gasteiger partial charge in [0.05, 0.1) is 11.1 Å². The van der Waals surface area contributed by atoms with E-state index in [0.717, 1.165) is 5.56 Å². The van der Waals surface area contributed by atoms with E-state index in [1.807, 2.05) is 0 Å². The maximum absolute atomic E-state index is 12.4. The monoisotopic (exact) mass is 295 g/mol. The van der Waals surface area contributed by atoms with Gasteiger partial charge in [-0.2, -0.15) is 9.40 Å². The van der Waals surface area contributed by atoms with Crippen molar-refractivity contribution < 1.29 is 8.42 Å². The smallest absolute Gasteiger partial charge is 0.243 e. The number of nitrogen functional groups attached to an aromatic ring is 1. The van der Waals surface area contributed by atoms with Crippen molar-refractivity contribution in [3.8, 4) is 0 Å². The lowest BCUT2D eigenvalue weighted by Crippen LogP contribution is -2.26. The van der Waals surface area contributed by atoms with Crippen LogP contribution in [0.2, 0.25) is 0 Å².